The molecule has 1 amide bonds. The zero-order chi connectivity index (χ0) is 22.6. The quantitative estimate of drug-likeness (QED) is 0.593. The van der Waals surface area contributed by atoms with Gasteiger partial charge in [0, 0.05) is 24.3 Å². The fourth-order valence-corrected chi connectivity index (χ4v) is 5.13. The van der Waals surface area contributed by atoms with Gasteiger partial charge in [0.1, 0.15) is 16.7 Å². The molecule has 1 atom stereocenters. The zero-order valence-corrected chi connectivity index (χ0v) is 18.6. The van der Waals surface area contributed by atoms with Gasteiger partial charge < -0.3 is 14.8 Å². The first kappa shape index (κ1) is 22.8. The van der Waals surface area contributed by atoms with Gasteiger partial charge in [-0.1, -0.05) is 32.0 Å². The molecule has 0 aliphatic carbocycles. The molecule has 0 fully saturated rings. The number of ether oxygens (including phenoxy) is 2. The normalized spacial score (nSPS) is 15.5. The minimum atomic E-state index is -3.79. The molecule has 0 spiro atoms. The first-order valence-corrected chi connectivity index (χ1v) is 11.6. The van der Waals surface area contributed by atoms with E-state index < -0.39 is 28.0 Å². The number of fused-ring (bicyclic) bond motifs is 1. The molecule has 1 aliphatic rings. The van der Waals surface area contributed by atoms with E-state index in [0.29, 0.717) is 36.5 Å². The van der Waals surface area contributed by atoms with Crippen LogP contribution in [0.25, 0.3) is 0 Å². The van der Waals surface area contributed by atoms with Crippen molar-refractivity contribution >= 4 is 27.6 Å². The van der Waals surface area contributed by atoms with Crippen LogP contribution in [0.1, 0.15) is 49.2 Å². The van der Waals surface area contributed by atoms with Gasteiger partial charge in [0.25, 0.3) is 0 Å². The number of esters is 1. The highest BCUT2D eigenvalue weighted by molar-refractivity contribution is 7.89. The standard InChI is InChI=1S/C22H26N2O6S/c1-4-24(5-2)31(27,28)20-13-15(11-12-18(20)29-6-3)23-21(25)14-19-16-9-7-8-10-17(16)22(26)30-19/h7-13,19H,4-6,14H2,1-3H3,(H,23,25)/t19-/m1/s1. The highest BCUT2D eigenvalue weighted by Gasteiger charge is 2.32. The first-order chi connectivity index (χ1) is 14.8. The number of amides is 1. The van der Waals surface area contributed by atoms with E-state index in [-0.39, 0.29) is 17.1 Å². The van der Waals surface area contributed by atoms with Crippen molar-refractivity contribution in [2.24, 2.45) is 0 Å². The number of carbonyl (C=O) groups excluding carboxylic acids is 2. The van der Waals surface area contributed by atoms with Crippen LogP contribution >= 0.6 is 0 Å². The number of cyclic esters (lactones) is 1. The van der Waals surface area contributed by atoms with Gasteiger partial charge in [-0.3, -0.25) is 4.79 Å². The summed E-state index contributed by atoms with van der Waals surface area (Å²) >= 11 is 0. The number of nitrogens with zero attached hydrogens (tertiary/aromatic N) is 1. The van der Waals surface area contributed by atoms with Crippen LogP contribution in [0.2, 0.25) is 0 Å². The first-order valence-electron chi connectivity index (χ1n) is 10.2. The van der Waals surface area contributed by atoms with Gasteiger partial charge in [-0.25, -0.2) is 13.2 Å². The number of hydrogen-bond donors (Lipinski definition) is 1. The summed E-state index contributed by atoms with van der Waals surface area (Å²) < 4.78 is 38.2. The maximum Gasteiger partial charge on any atom is 0.339 e. The summed E-state index contributed by atoms with van der Waals surface area (Å²) in [5, 5.41) is 2.70. The lowest BCUT2D eigenvalue weighted by Gasteiger charge is -2.21. The monoisotopic (exact) mass is 446 g/mol. The molecule has 2 aromatic carbocycles. The van der Waals surface area contributed by atoms with E-state index in [2.05, 4.69) is 5.32 Å². The Morgan fingerprint density at radius 3 is 2.52 bits per heavy atom. The molecular weight excluding hydrogens is 420 g/mol. The third-order valence-electron chi connectivity index (χ3n) is 5.00. The Morgan fingerprint density at radius 1 is 1.13 bits per heavy atom. The summed E-state index contributed by atoms with van der Waals surface area (Å²) in [4.78, 5) is 24.6. The summed E-state index contributed by atoms with van der Waals surface area (Å²) in [7, 11) is -3.79. The van der Waals surface area contributed by atoms with E-state index in [4.69, 9.17) is 9.47 Å². The van der Waals surface area contributed by atoms with E-state index in [1.54, 1.807) is 51.1 Å². The number of sulfonamides is 1. The number of nitrogens with one attached hydrogen (secondary N) is 1. The third kappa shape index (κ3) is 4.72. The molecule has 0 unspecified atom stereocenters. The number of benzene rings is 2. The van der Waals surface area contributed by atoms with Crippen LogP contribution in [0.5, 0.6) is 5.75 Å². The summed E-state index contributed by atoms with van der Waals surface area (Å²) in [5.74, 6) is -0.627. The predicted molar refractivity (Wildman–Crippen MR) is 116 cm³/mol. The molecule has 3 rings (SSSR count). The van der Waals surface area contributed by atoms with Crippen molar-refractivity contribution in [3.63, 3.8) is 0 Å². The maximum absolute atomic E-state index is 13.1. The van der Waals surface area contributed by atoms with Crippen LogP contribution in [0.3, 0.4) is 0 Å². The molecule has 9 heteroatoms. The smallest absolute Gasteiger partial charge is 0.339 e. The molecule has 1 heterocycles. The van der Waals surface area contributed by atoms with Crippen molar-refractivity contribution in [2.75, 3.05) is 25.0 Å². The Bertz CT molecular complexity index is 1080. The second-order valence-electron chi connectivity index (χ2n) is 6.92. The summed E-state index contributed by atoms with van der Waals surface area (Å²) in [6.07, 6.45) is -0.751. The van der Waals surface area contributed by atoms with Crippen LogP contribution in [0.4, 0.5) is 5.69 Å². The number of anilines is 1. The van der Waals surface area contributed by atoms with Gasteiger partial charge in [-0.15, -0.1) is 0 Å². The average Bonchev–Trinajstić information content (AvgIpc) is 3.05. The topological polar surface area (TPSA) is 102 Å². The molecule has 0 bridgehead atoms. The lowest BCUT2D eigenvalue weighted by Crippen LogP contribution is -2.31. The van der Waals surface area contributed by atoms with Crippen molar-refractivity contribution in [2.45, 2.75) is 38.2 Å². The van der Waals surface area contributed by atoms with Crippen LogP contribution < -0.4 is 10.1 Å². The van der Waals surface area contributed by atoms with Gasteiger partial charge in [-0.2, -0.15) is 4.31 Å². The minimum Gasteiger partial charge on any atom is -0.492 e. The van der Waals surface area contributed by atoms with E-state index in [1.165, 1.54) is 16.4 Å². The van der Waals surface area contributed by atoms with Crippen LogP contribution in [-0.4, -0.2) is 44.3 Å². The van der Waals surface area contributed by atoms with Gasteiger partial charge in [0.05, 0.1) is 18.6 Å². The number of hydrogen-bond acceptors (Lipinski definition) is 6. The summed E-state index contributed by atoms with van der Waals surface area (Å²) in [6.45, 7) is 6.21. The SMILES string of the molecule is CCOc1ccc(NC(=O)C[C@H]2OC(=O)c3ccccc32)cc1S(=O)(=O)N(CC)CC. The lowest BCUT2D eigenvalue weighted by molar-refractivity contribution is -0.118. The fraction of sp³-hybridized carbons (Fsp3) is 0.364. The maximum atomic E-state index is 13.1. The van der Waals surface area contributed by atoms with Crippen molar-refractivity contribution in [3.8, 4) is 5.75 Å². The summed E-state index contributed by atoms with van der Waals surface area (Å²) in [5.41, 5.74) is 1.44. The van der Waals surface area contributed by atoms with Crippen molar-refractivity contribution in [1.82, 2.24) is 4.31 Å². The second-order valence-corrected chi connectivity index (χ2v) is 8.82. The van der Waals surface area contributed by atoms with Crippen LogP contribution in [0, 0.1) is 0 Å². The highest BCUT2D eigenvalue weighted by Crippen LogP contribution is 2.34. The Morgan fingerprint density at radius 2 is 1.84 bits per heavy atom. The van der Waals surface area contributed by atoms with Crippen molar-refractivity contribution in [3.05, 3.63) is 53.6 Å². The van der Waals surface area contributed by atoms with Crippen molar-refractivity contribution in [1.29, 1.82) is 0 Å². The zero-order valence-electron chi connectivity index (χ0n) is 17.8. The molecule has 0 saturated heterocycles. The fourth-order valence-electron chi connectivity index (χ4n) is 3.52. The van der Waals surface area contributed by atoms with Gasteiger partial charge in [-0.05, 0) is 31.2 Å². The molecule has 0 aromatic heterocycles. The molecule has 2 aromatic rings. The van der Waals surface area contributed by atoms with Crippen LogP contribution in [-0.2, 0) is 19.6 Å². The molecule has 0 saturated carbocycles. The van der Waals surface area contributed by atoms with Gasteiger partial charge in [0.15, 0.2) is 0 Å². The molecule has 0 radical (unpaired) electrons. The molecular formula is C22H26N2O6S. The summed E-state index contributed by atoms with van der Waals surface area (Å²) in [6, 6.07) is 11.4. The van der Waals surface area contributed by atoms with E-state index >= 15 is 0 Å². The Hall–Kier alpha value is -2.91. The average molecular weight is 447 g/mol. The Labute approximate surface area is 182 Å². The largest absolute Gasteiger partial charge is 0.492 e. The van der Waals surface area contributed by atoms with Gasteiger partial charge in [0.2, 0.25) is 15.9 Å². The van der Waals surface area contributed by atoms with Gasteiger partial charge >= 0.3 is 5.97 Å². The van der Waals surface area contributed by atoms with Crippen molar-refractivity contribution < 1.29 is 27.5 Å². The molecule has 1 aliphatic heterocycles. The predicted octanol–water partition coefficient (Wildman–Crippen LogP) is 3.36. The number of carbonyl (C=O) groups is 2. The minimum absolute atomic E-state index is 0.00603. The molecule has 31 heavy (non-hydrogen) atoms. The molecule has 8 nitrogen and oxygen atoms in total. The lowest BCUT2D eigenvalue weighted by atomic mass is 10.0. The van der Waals surface area contributed by atoms with Crippen LogP contribution in [0.15, 0.2) is 47.4 Å². The van der Waals surface area contributed by atoms with E-state index in [1.807, 2.05) is 0 Å². The molecule has 1 N–H and O–H groups in total. The Balaban J connectivity index is 1.82. The van der Waals surface area contributed by atoms with E-state index in [0.717, 1.165) is 0 Å². The highest BCUT2D eigenvalue weighted by atomic mass is 32.2. The number of rotatable bonds is 9. The second kappa shape index (κ2) is 9.49. The Kier molecular flexibility index (Phi) is 6.97. The van der Waals surface area contributed by atoms with E-state index in [9.17, 15) is 18.0 Å². The molecule has 166 valence electrons. The third-order valence-corrected chi connectivity index (χ3v) is 7.07.